The molecule has 92 valence electrons. The van der Waals surface area contributed by atoms with Crippen LogP contribution >= 0.6 is 0 Å². The molecular formula is C11H17N5O. The molecule has 2 N–H and O–H groups in total. The van der Waals surface area contributed by atoms with Gasteiger partial charge in [-0.05, 0) is 19.9 Å². The minimum atomic E-state index is 0.484. The molecule has 0 saturated carbocycles. The van der Waals surface area contributed by atoms with E-state index in [1.807, 2.05) is 17.8 Å². The monoisotopic (exact) mass is 235 g/mol. The van der Waals surface area contributed by atoms with E-state index in [0.29, 0.717) is 5.92 Å². The first-order valence-corrected chi connectivity index (χ1v) is 6.03. The van der Waals surface area contributed by atoms with Crippen LogP contribution in [0.15, 0.2) is 6.20 Å². The first-order chi connectivity index (χ1) is 8.36. The maximum absolute atomic E-state index is 5.36. The third kappa shape index (κ3) is 2.05. The molecule has 0 aliphatic carbocycles. The van der Waals surface area contributed by atoms with E-state index in [1.165, 1.54) is 0 Å². The number of imidazole rings is 1. The van der Waals surface area contributed by atoms with Crippen molar-refractivity contribution in [3.8, 4) is 0 Å². The number of H-pyrrole nitrogens is 1. The number of fused-ring (bicyclic) bond motifs is 1. The Hall–Kier alpha value is -1.40. The van der Waals surface area contributed by atoms with Crippen molar-refractivity contribution in [2.75, 3.05) is 20.3 Å². The first kappa shape index (κ1) is 10.7. The summed E-state index contributed by atoms with van der Waals surface area (Å²) in [5, 5.41) is 6.38. The molecule has 3 rings (SSSR count). The molecule has 6 heteroatoms. The molecule has 1 fully saturated rings. The number of ether oxygens (including phenoxy) is 1. The minimum absolute atomic E-state index is 0.484. The second-order valence-electron chi connectivity index (χ2n) is 4.43. The average molecular weight is 235 g/mol. The second kappa shape index (κ2) is 4.46. The maximum atomic E-state index is 5.36. The zero-order valence-corrected chi connectivity index (χ0v) is 9.94. The predicted molar refractivity (Wildman–Crippen MR) is 62.9 cm³/mol. The van der Waals surface area contributed by atoms with Gasteiger partial charge in [0.05, 0.1) is 11.9 Å². The molecule has 0 spiro atoms. The van der Waals surface area contributed by atoms with Crippen LogP contribution in [0, 0.1) is 0 Å². The quantitative estimate of drug-likeness (QED) is 0.820. The van der Waals surface area contributed by atoms with Gasteiger partial charge in [0.15, 0.2) is 0 Å². The van der Waals surface area contributed by atoms with Crippen LogP contribution in [-0.4, -0.2) is 39.8 Å². The van der Waals surface area contributed by atoms with Gasteiger partial charge in [-0.3, -0.25) is 5.10 Å². The number of hydrogen-bond donors (Lipinski definition) is 2. The van der Waals surface area contributed by atoms with E-state index in [9.17, 15) is 0 Å². The van der Waals surface area contributed by atoms with Gasteiger partial charge < -0.3 is 10.1 Å². The van der Waals surface area contributed by atoms with E-state index in [4.69, 9.17) is 4.74 Å². The molecule has 17 heavy (non-hydrogen) atoms. The maximum Gasteiger partial charge on any atom is 0.250 e. The summed E-state index contributed by atoms with van der Waals surface area (Å²) in [6, 6.07) is 0. The fraction of sp³-hybridized carbons (Fsp3) is 0.636. The normalized spacial score (nSPS) is 17.9. The zero-order valence-electron chi connectivity index (χ0n) is 9.94. The number of aromatic amines is 1. The molecule has 0 unspecified atom stereocenters. The van der Waals surface area contributed by atoms with Crippen LogP contribution in [0.4, 0.5) is 0 Å². The van der Waals surface area contributed by atoms with E-state index in [1.54, 1.807) is 0 Å². The zero-order chi connectivity index (χ0) is 11.7. The Kier molecular flexibility index (Phi) is 2.82. The molecule has 1 saturated heterocycles. The first-order valence-electron chi connectivity index (χ1n) is 6.03. The summed E-state index contributed by atoms with van der Waals surface area (Å²) in [6.07, 6.45) is 4.07. The van der Waals surface area contributed by atoms with Crippen molar-refractivity contribution >= 4 is 5.78 Å². The molecule has 2 aromatic heterocycles. The summed E-state index contributed by atoms with van der Waals surface area (Å²) in [6.45, 7) is 2.43. The summed E-state index contributed by atoms with van der Waals surface area (Å²) < 4.78 is 7.26. The van der Waals surface area contributed by atoms with E-state index in [0.717, 1.165) is 49.9 Å². The molecule has 3 heterocycles. The molecule has 2 aromatic rings. The Morgan fingerprint density at radius 1 is 1.47 bits per heavy atom. The lowest BCUT2D eigenvalue weighted by Gasteiger charge is -2.19. The second-order valence-corrected chi connectivity index (χ2v) is 4.43. The van der Waals surface area contributed by atoms with Crippen molar-refractivity contribution in [2.24, 2.45) is 0 Å². The summed E-state index contributed by atoms with van der Waals surface area (Å²) in [5.41, 5.74) is 1.00. The summed E-state index contributed by atoms with van der Waals surface area (Å²) in [4.78, 5) is 9.00. The number of hydrogen-bond acceptors (Lipinski definition) is 4. The van der Waals surface area contributed by atoms with Crippen LogP contribution in [0.2, 0.25) is 0 Å². The molecule has 0 radical (unpaired) electrons. The number of nitrogens with zero attached hydrogens (tertiary/aromatic N) is 3. The SMILES string of the molecule is CNCc1cn2[nH]c(C3CCOCC3)nc2n1. The molecular weight excluding hydrogens is 218 g/mol. The molecule has 0 atom stereocenters. The number of rotatable bonds is 3. The average Bonchev–Trinajstić information content (AvgIpc) is 2.88. The Morgan fingerprint density at radius 2 is 2.29 bits per heavy atom. The Bertz CT molecular complexity index is 465. The van der Waals surface area contributed by atoms with Crippen LogP contribution in [0.5, 0.6) is 0 Å². The van der Waals surface area contributed by atoms with Crippen molar-refractivity contribution in [3.63, 3.8) is 0 Å². The fourth-order valence-corrected chi connectivity index (χ4v) is 2.26. The molecule has 1 aliphatic heterocycles. The molecule has 0 aromatic carbocycles. The number of nitrogens with one attached hydrogen (secondary N) is 2. The highest BCUT2D eigenvalue weighted by molar-refractivity contribution is 5.30. The van der Waals surface area contributed by atoms with Gasteiger partial charge >= 0.3 is 0 Å². The van der Waals surface area contributed by atoms with Crippen molar-refractivity contribution < 1.29 is 4.74 Å². The van der Waals surface area contributed by atoms with Crippen LogP contribution < -0.4 is 5.32 Å². The third-order valence-corrected chi connectivity index (χ3v) is 3.16. The van der Waals surface area contributed by atoms with Gasteiger partial charge in [-0.1, -0.05) is 0 Å². The van der Waals surface area contributed by atoms with E-state index in [2.05, 4.69) is 20.4 Å². The summed E-state index contributed by atoms with van der Waals surface area (Å²) in [5.74, 6) is 2.28. The van der Waals surface area contributed by atoms with Gasteiger partial charge in [-0.25, -0.2) is 9.50 Å². The minimum Gasteiger partial charge on any atom is -0.381 e. The highest BCUT2D eigenvalue weighted by atomic mass is 16.5. The van der Waals surface area contributed by atoms with E-state index < -0.39 is 0 Å². The molecule has 0 bridgehead atoms. The van der Waals surface area contributed by atoms with Crippen LogP contribution in [0.3, 0.4) is 0 Å². The summed E-state index contributed by atoms with van der Waals surface area (Å²) in [7, 11) is 1.91. The molecule has 1 aliphatic rings. The number of aromatic nitrogens is 4. The van der Waals surface area contributed by atoms with E-state index in [-0.39, 0.29) is 0 Å². The molecule has 6 nitrogen and oxygen atoms in total. The smallest absolute Gasteiger partial charge is 0.250 e. The van der Waals surface area contributed by atoms with Gasteiger partial charge in [0.2, 0.25) is 0 Å². The standard InChI is InChI=1S/C11H17N5O/c1-12-6-9-7-16-11(13-9)14-10(15-16)8-2-4-17-5-3-8/h7-8,12H,2-6H2,1H3,(H,13,14,15). The Labute approximate surface area is 99.4 Å². The highest BCUT2D eigenvalue weighted by Crippen LogP contribution is 2.24. The van der Waals surface area contributed by atoms with Crippen molar-refractivity contribution in [1.29, 1.82) is 0 Å². The van der Waals surface area contributed by atoms with Crippen LogP contribution in [0.1, 0.15) is 30.3 Å². The third-order valence-electron chi connectivity index (χ3n) is 3.16. The van der Waals surface area contributed by atoms with Gasteiger partial charge in [0, 0.05) is 25.7 Å². The van der Waals surface area contributed by atoms with Gasteiger partial charge in [0.1, 0.15) is 5.82 Å². The van der Waals surface area contributed by atoms with Crippen molar-refractivity contribution in [3.05, 3.63) is 17.7 Å². The Balaban J connectivity index is 1.84. The lowest BCUT2D eigenvalue weighted by Crippen LogP contribution is -2.15. The summed E-state index contributed by atoms with van der Waals surface area (Å²) >= 11 is 0. The lowest BCUT2D eigenvalue weighted by atomic mass is 10.00. The fourth-order valence-electron chi connectivity index (χ4n) is 2.26. The van der Waals surface area contributed by atoms with Crippen molar-refractivity contribution in [2.45, 2.75) is 25.3 Å². The van der Waals surface area contributed by atoms with Crippen LogP contribution in [-0.2, 0) is 11.3 Å². The Morgan fingerprint density at radius 3 is 3.00 bits per heavy atom. The van der Waals surface area contributed by atoms with Crippen LogP contribution in [0.25, 0.3) is 5.78 Å². The van der Waals surface area contributed by atoms with E-state index >= 15 is 0 Å². The lowest BCUT2D eigenvalue weighted by molar-refractivity contribution is 0.0836. The van der Waals surface area contributed by atoms with Gasteiger partial charge in [0.25, 0.3) is 5.78 Å². The van der Waals surface area contributed by atoms with Gasteiger partial charge in [-0.2, -0.15) is 4.98 Å². The molecule has 0 amide bonds. The van der Waals surface area contributed by atoms with Gasteiger partial charge in [-0.15, -0.1) is 0 Å². The predicted octanol–water partition coefficient (Wildman–Crippen LogP) is 0.671. The van der Waals surface area contributed by atoms with Crippen molar-refractivity contribution in [1.82, 2.24) is 24.9 Å². The topological polar surface area (TPSA) is 67.2 Å². The highest BCUT2D eigenvalue weighted by Gasteiger charge is 2.20. The largest absolute Gasteiger partial charge is 0.381 e.